The van der Waals surface area contributed by atoms with Crippen molar-refractivity contribution in [2.75, 3.05) is 11.4 Å². The Morgan fingerprint density at radius 3 is 2.64 bits per heavy atom. The lowest BCUT2D eigenvalue weighted by Gasteiger charge is -2.35. The van der Waals surface area contributed by atoms with Crippen LogP contribution in [0.25, 0.3) is 0 Å². The molecule has 7 heteroatoms. The number of nitrogens with zero attached hydrogens (tertiary/aromatic N) is 3. The first-order valence-corrected chi connectivity index (χ1v) is 10.9. The highest BCUT2D eigenvalue weighted by Gasteiger charge is 2.35. The number of rotatable bonds is 7. The van der Waals surface area contributed by atoms with Crippen LogP contribution in [0, 0.1) is 12.7 Å². The van der Waals surface area contributed by atoms with E-state index >= 15 is 0 Å². The topological polar surface area (TPSA) is 62.7 Å². The van der Waals surface area contributed by atoms with Crippen molar-refractivity contribution < 1.29 is 18.7 Å². The zero-order valence-electron chi connectivity index (χ0n) is 18.7. The molecule has 2 aromatic carbocycles. The van der Waals surface area contributed by atoms with Crippen molar-refractivity contribution in [3.05, 3.63) is 89.5 Å². The molecule has 0 fully saturated rings. The lowest BCUT2D eigenvalue weighted by molar-refractivity contribution is -0.134. The van der Waals surface area contributed by atoms with E-state index in [4.69, 9.17) is 4.74 Å². The van der Waals surface area contributed by atoms with Gasteiger partial charge in [-0.3, -0.25) is 19.5 Å². The quantitative estimate of drug-likeness (QED) is 0.543. The summed E-state index contributed by atoms with van der Waals surface area (Å²) in [5, 5.41) is 0. The van der Waals surface area contributed by atoms with Crippen LogP contribution in [0.3, 0.4) is 0 Å². The average molecular weight is 448 g/mol. The monoisotopic (exact) mass is 447 g/mol. The Morgan fingerprint density at radius 1 is 1.12 bits per heavy atom. The first-order valence-electron chi connectivity index (χ1n) is 10.9. The molecule has 0 radical (unpaired) electrons. The zero-order chi connectivity index (χ0) is 23.4. The maximum absolute atomic E-state index is 13.8. The molecule has 2 heterocycles. The molecule has 0 spiro atoms. The number of aromatic nitrogens is 1. The van der Waals surface area contributed by atoms with E-state index in [0.29, 0.717) is 30.0 Å². The van der Waals surface area contributed by atoms with Crippen LogP contribution >= 0.6 is 0 Å². The predicted octanol–water partition coefficient (Wildman–Crippen LogP) is 4.26. The van der Waals surface area contributed by atoms with E-state index in [9.17, 15) is 14.0 Å². The summed E-state index contributed by atoms with van der Waals surface area (Å²) in [4.78, 5) is 33.9. The number of aryl methyl sites for hydroxylation is 1. The summed E-state index contributed by atoms with van der Waals surface area (Å²) < 4.78 is 19.6. The molecule has 1 atom stereocenters. The van der Waals surface area contributed by atoms with Crippen molar-refractivity contribution in [1.82, 2.24) is 9.88 Å². The van der Waals surface area contributed by atoms with Gasteiger partial charge in [0, 0.05) is 25.5 Å². The van der Waals surface area contributed by atoms with Gasteiger partial charge in [-0.25, -0.2) is 4.39 Å². The SMILES string of the molecule is CC[C@H]1Oc2ccc(C)cc2N(CC(=O)N(Cc2cccnc2)Cc2cccc(F)c2)C1=O. The third kappa shape index (κ3) is 5.19. The zero-order valence-corrected chi connectivity index (χ0v) is 18.7. The number of ether oxygens (including phenoxy) is 1. The molecule has 3 aromatic rings. The molecule has 1 aliphatic rings. The van der Waals surface area contributed by atoms with Gasteiger partial charge in [0.2, 0.25) is 5.91 Å². The predicted molar refractivity (Wildman–Crippen MR) is 123 cm³/mol. The van der Waals surface area contributed by atoms with Gasteiger partial charge >= 0.3 is 0 Å². The van der Waals surface area contributed by atoms with Crippen LogP contribution in [0.15, 0.2) is 67.0 Å². The summed E-state index contributed by atoms with van der Waals surface area (Å²) in [6.45, 7) is 4.17. The summed E-state index contributed by atoms with van der Waals surface area (Å²) in [6, 6.07) is 15.5. The van der Waals surface area contributed by atoms with Crippen molar-refractivity contribution >= 4 is 17.5 Å². The van der Waals surface area contributed by atoms with Crippen LogP contribution in [0.1, 0.15) is 30.0 Å². The van der Waals surface area contributed by atoms with Crippen molar-refractivity contribution in [3.63, 3.8) is 0 Å². The Labute approximate surface area is 192 Å². The van der Waals surface area contributed by atoms with E-state index in [2.05, 4.69) is 4.98 Å². The minimum absolute atomic E-state index is 0.134. The standard InChI is InChI=1S/C26H26FN3O3/c1-3-23-26(32)30(22-12-18(2)9-10-24(22)33-23)17-25(31)29(16-20-7-5-11-28-14-20)15-19-6-4-8-21(27)13-19/h4-14,23H,3,15-17H2,1-2H3/t23-/m1/s1. The van der Waals surface area contributed by atoms with Crippen LogP contribution < -0.4 is 9.64 Å². The average Bonchev–Trinajstić information content (AvgIpc) is 2.81. The van der Waals surface area contributed by atoms with Gasteiger partial charge in [0.05, 0.1) is 5.69 Å². The van der Waals surface area contributed by atoms with Gasteiger partial charge in [-0.05, 0) is 60.4 Å². The van der Waals surface area contributed by atoms with E-state index in [1.165, 1.54) is 17.0 Å². The van der Waals surface area contributed by atoms with Crippen molar-refractivity contribution in [3.8, 4) is 5.75 Å². The molecule has 170 valence electrons. The fourth-order valence-corrected chi connectivity index (χ4v) is 3.89. The molecule has 0 aliphatic carbocycles. The Kier molecular flexibility index (Phi) is 6.68. The van der Waals surface area contributed by atoms with E-state index in [0.717, 1.165) is 11.1 Å². The van der Waals surface area contributed by atoms with Crippen molar-refractivity contribution in [1.29, 1.82) is 0 Å². The number of pyridine rings is 1. The molecule has 33 heavy (non-hydrogen) atoms. The summed E-state index contributed by atoms with van der Waals surface area (Å²) in [6.07, 6.45) is 3.22. The molecule has 0 saturated heterocycles. The number of amides is 2. The fraction of sp³-hybridized carbons (Fsp3) is 0.269. The second kappa shape index (κ2) is 9.81. The molecule has 0 bridgehead atoms. The third-order valence-electron chi connectivity index (χ3n) is 5.59. The maximum atomic E-state index is 13.8. The second-order valence-corrected chi connectivity index (χ2v) is 8.15. The minimum atomic E-state index is -0.636. The number of halogens is 1. The summed E-state index contributed by atoms with van der Waals surface area (Å²) >= 11 is 0. The van der Waals surface area contributed by atoms with Crippen LogP contribution in [-0.4, -0.2) is 34.3 Å². The van der Waals surface area contributed by atoms with Gasteiger partial charge in [-0.15, -0.1) is 0 Å². The first-order chi connectivity index (χ1) is 15.9. The Morgan fingerprint density at radius 2 is 1.91 bits per heavy atom. The summed E-state index contributed by atoms with van der Waals surface area (Å²) in [5.74, 6) is -0.264. The molecule has 1 aliphatic heterocycles. The van der Waals surface area contributed by atoms with E-state index < -0.39 is 6.10 Å². The van der Waals surface area contributed by atoms with Gasteiger partial charge in [-0.2, -0.15) is 0 Å². The number of fused-ring (bicyclic) bond motifs is 1. The normalized spacial score (nSPS) is 15.1. The smallest absolute Gasteiger partial charge is 0.268 e. The Hall–Kier alpha value is -3.74. The molecule has 0 N–H and O–H groups in total. The summed E-state index contributed by atoms with van der Waals surface area (Å²) in [7, 11) is 0. The lowest BCUT2D eigenvalue weighted by Crippen LogP contribution is -2.50. The number of hydrogen-bond acceptors (Lipinski definition) is 4. The number of carbonyl (C=O) groups is 2. The van der Waals surface area contributed by atoms with Gasteiger partial charge < -0.3 is 9.64 Å². The molecule has 4 rings (SSSR count). The second-order valence-electron chi connectivity index (χ2n) is 8.15. The van der Waals surface area contributed by atoms with Crippen molar-refractivity contribution in [2.24, 2.45) is 0 Å². The Bertz CT molecular complexity index is 1150. The van der Waals surface area contributed by atoms with Gasteiger partial charge in [-0.1, -0.05) is 31.2 Å². The lowest BCUT2D eigenvalue weighted by atomic mass is 10.1. The van der Waals surface area contributed by atoms with Gasteiger partial charge in [0.15, 0.2) is 6.10 Å². The maximum Gasteiger partial charge on any atom is 0.268 e. The molecule has 0 saturated carbocycles. The largest absolute Gasteiger partial charge is 0.478 e. The molecule has 2 amide bonds. The van der Waals surface area contributed by atoms with E-state index in [-0.39, 0.29) is 30.7 Å². The molecule has 1 aromatic heterocycles. The fourth-order valence-electron chi connectivity index (χ4n) is 3.89. The Balaban J connectivity index is 1.63. The van der Waals surface area contributed by atoms with Gasteiger partial charge in [0.25, 0.3) is 5.91 Å². The van der Waals surface area contributed by atoms with Gasteiger partial charge in [0.1, 0.15) is 18.1 Å². The van der Waals surface area contributed by atoms with Crippen LogP contribution in [-0.2, 0) is 22.7 Å². The molecule has 6 nitrogen and oxygen atoms in total. The molecular weight excluding hydrogens is 421 g/mol. The van der Waals surface area contributed by atoms with Crippen LogP contribution in [0.2, 0.25) is 0 Å². The van der Waals surface area contributed by atoms with Crippen LogP contribution in [0.5, 0.6) is 5.75 Å². The molecule has 0 unspecified atom stereocenters. The number of benzene rings is 2. The highest BCUT2D eigenvalue weighted by molar-refractivity contribution is 6.03. The summed E-state index contributed by atoms with van der Waals surface area (Å²) in [5.41, 5.74) is 3.07. The molecular formula is C26H26FN3O3. The number of carbonyl (C=O) groups excluding carboxylic acids is 2. The van der Waals surface area contributed by atoms with Crippen molar-refractivity contribution in [2.45, 2.75) is 39.5 Å². The van der Waals surface area contributed by atoms with E-state index in [1.54, 1.807) is 35.5 Å². The third-order valence-corrected chi connectivity index (χ3v) is 5.59. The minimum Gasteiger partial charge on any atom is -0.478 e. The number of anilines is 1. The van der Waals surface area contributed by atoms with E-state index in [1.807, 2.05) is 38.1 Å². The number of hydrogen-bond donors (Lipinski definition) is 0. The highest BCUT2D eigenvalue weighted by Crippen LogP contribution is 2.35. The highest BCUT2D eigenvalue weighted by atomic mass is 19.1. The first kappa shape index (κ1) is 22.5. The van der Waals surface area contributed by atoms with Crippen LogP contribution in [0.4, 0.5) is 10.1 Å².